The number of likely N-dealkylation sites (tertiary alicyclic amines) is 1. The standard InChI is InChI=1S/C17H24N2O3S/c1-12-8-9-14(23(18,21)22)11-15(12)17(20)19-10-4-6-13-5-2-3-7-16(13)19/h8-9,11,13,16H,2-7,10H2,1H3,(H2,18,21,22)/t13-,16-/m1/s1. The second-order valence-corrected chi connectivity index (χ2v) is 8.34. The number of carbonyl (C=O) groups excluding carboxylic acids is 1. The zero-order valence-corrected chi connectivity index (χ0v) is 14.3. The smallest absolute Gasteiger partial charge is 0.254 e. The molecule has 2 N–H and O–H groups in total. The van der Waals surface area contributed by atoms with Crippen LogP contribution in [0.4, 0.5) is 0 Å². The quantitative estimate of drug-likeness (QED) is 0.900. The van der Waals surface area contributed by atoms with Crippen molar-refractivity contribution in [1.29, 1.82) is 0 Å². The number of sulfonamides is 1. The Balaban J connectivity index is 1.93. The third kappa shape index (κ3) is 3.28. The number of carbonyl (C=O) groups is 1. The molecule has 1 amide bonds. The van der Waals surface area contributed by atoms with Gasteiger partial charge in [0.15, 0.2) is 0 Å². The molecule has 0 bridgehead atoms. The van der Waals surface area contributed by atoms with Crippen LogP contribution in [0.15, 0.2) is 23.1 Å². The Kier molecular flexibility index (Phi) is 4.47. The molecule has 2 aliphatic rings. The first-order valence-electron chi connectivity index (χ1n) is 8.32. The third-order valence-electron chi connectivity index (χ3n) is 5.27. The van der Waals surface area contributed by atoms with E-state index >= 15 is 0 Å². The summed E-state index contributed by atoms with van der Waals surface area (Å²) in [4.78, 5) is 15.0. The highest BCUT2D eigenvalue weighted by Crippen LogP contribution is 2.36. The summed E-state index contributed by atoms with van der Waals surface area (Å²) < 4.78 is 23.2. The van der Waals surface area contributed by atoms with Gasteiger partial charge in [-0.15, -0.1) is 0 Å². The zero-order valence-electron chi connectivity index (χ0n) is 13.5. The highest BCUT2D eigenvalue weighted by Gasteiger charge is 2.36. The van der Waals surface area contributed by atoms with Crippen molar-refractivity contribution in [2.24, 2.45) is 11.1 Å². The molecule has 23 heavy (non-hydrogen) atoms. The maximum Gasteiger partial charge on any atom is 0.254 e. The van der Waals surface area contributed by atoms with Crippen molar-refractivity contribution in [3.63, 3.8) is 0 Å². The van der Waals surface area contributed by atoms with Gasteiger partial charge in [-0.3, -0.25) is 4.79 Å². The van der Waals surface area contributed by atoms with Crippen LogP contribution in [0, 0.1) is 12.8 Å². The first-order chi connectivity index (χ1) is 10.9. The Hall–Kier alpha value is -1.40. The Labute approximate surface area is 137 Å². The number of rotatable bonds is 2. The molecule has 3 rings (SSSR count). The van der Waals surface area contributed by atoms with Crippen LogP contribution in [0.25, 0.3) is 0 Å². The number of nitrogens with two attached hydrogens (primary N) is 1. The van der Waals surface area contributed by atoms with E-state index in [4.69, 9.17) is 5.14 Å². The predicted octanol–water partition coefficient (Wildman–Crippen LogP) is 2.44. The number of piperidine rings is 1. The zero-order chi connectivity index (χ0) is 16.6. The Morgan fingerprint density at radius 2 is 1.87 bits per heavy atom. The van der Waals surface area contributed by atoms with Crippen LogP contribution in [0.5, 0.6) is 0 Å². The van der Waals surface area contributed by atoms with E-state index < -0.39 is 10.0 Å². The van der Waals surface area contributed by atoms with E-state index in [1.807, 2.05) is 11.8 Å². The molecular weight excluding hydrogens is 312 g/mol. The number of fused-ring (bicyclic) bond motifs is 1. The summed E-state index contributed by atoms with van der Waals surface area (Å²) in [6.07, 6.45) is 6.91. The molecule has 1 aliphatic carbocycles. The largest absolute Gasteiger partial charge is 0.335 e. The summed E-state index contributed by atoms with van der Waals surface area (Å²) >= 11 is 0. The molecule has 1 saturated heterocycles. The maximum atomic E-state index is 13.0. The van der Waals surface area contributed by atoms with Gasteiger partial charge in [0.25, 0.3) is 5.91 Å². The van der Waals surface area contributed by atoms with Gasteiger partial charge in [-0.25, -0.2) is 13.6 Å². The second-order valence-electron chi connectivity index (χ2n) is 6.77. The van der Waals surface area contributed by atoms with Crippen LogP contribution < -0.4 is 5.14 Å². The molecule has 2 atom stereocenters. The number of nitrogens with zero attached hydrogens (tertiary/aromatic N) is 1. The maximum absolute atomic E-state index is 13.0. The number of benzene rings is 1. The fourth-order valence-electron chi connectivity index (χ4n) is 4.04. The van der Waals surface area contributed by atoms with Crippen molar-refractivity contribution in [3.05, 3.63) is 29.3 Å². The Morgan fingerprint density at radius 1 is 1.17 bits per heavy atom. The molecule has 0 radical (unpaired) electrons. The molecule has 0 spiro atoms. The van der Waals surface area contributed by atoms with Crippen LogP contribution in [-0.2, 0) is 10.0 Å². The normalized spacial score (nSPS) is 25.0. The van der Waals surface area contributed by atoms with Gasteiger partial charge >= 0.3 is 0 Å². The van der Waals surface area contributed by atoms with Gasteiger partial charge in [0.2, 0.25) is 10.0 Å². The molecule has 5 nitrogen and oxygen atoms in total. The molecule has 1 saturated carbocycles. The minimum Gasteiger partial charge on any atom is -0.335 e. The van der Waals surface area contributed by atoms with Crippen LogP contribution in [-0.4, -0.2) is 31.8 Å². The second kappa shape index (κ2) is 6.24. The topological polar surface area (TPSA) is 80.5 Å². The van der Waals surface area contributed by atoms with E-state index in [1.165, 1.54) is 37.8 Å². The van der Waals surface area contributed by atoms with E-state index in [0.717, 1.165) is 24.9 Å². The fourth-order valence-corrected chi connectivity index (χ4v) is 4.58. The van der Waals surface area contributed by atoms with Gasteiger partial charge in [-0.05, 0) is 56.2 Å². The number of amides is 1. The average Bonchev–Trinajstić information content (AvgIpc) is 2.53. The lowest BCUT2D eigenvalue weighted by Gasteiger charge is -2.44. The molecule has 0 aromatic heterocycles. The van der Waals surface area contributed by atoms with E-state index in [9.17, 15) is 13.2 Å². The SMILES string of the molecule is Cc1ccc(S(N)(=O)=O)cc1C(=O)N1CCC[C@H]2CCCC[C@H]21. The summed E-state index contributed by atoms with van der Waals surface area (Å²) in [5.74, 6) is 0.549. The summed E-state index contributed by atoms with van der Waals surface area (Å²) in [5.41, 5.74) is 1.25. The number of primary sulfonamides is 1. The van der Waals surface area contributed by atoms with Gasteiger partial charge < -0.3 is 4.90 Å². The number of hydrogen-bond acceptors (Lipinski definition) is 3. The van der Waals surface area contributed by atoms with Crippen molar-refractivity contribution >= 4 is 15.9 Å². The lowest BCUT2D eigenvalue weighted by Crippen LogP contribution is -2.49. The van der Waals surface area contributed by atoms with Gasteiger partial charge in [-0.2, -0.15) is 0 Å². The number of hydrogen-bond donors (Lipinski definition) is 1. The summed E-state index contributed by atoms with van der Waals surface area (Å²) in [6, 6.07) is 4.86. The molecule has 6 heteroatoms. The number of aryl methyl sites for hydroxylation is 1. The molecule has 1 aromatic rings. The molecule has 1 aromatic carbocycles. The van der Waals surface area contributed by atoms with E-state index in [2.05, 4.69) is 0 Å². The molecule has 2 fully saturated rings. The summed E-state index contributed by atoms with van der Waals surface area (Å²) in [6.45, 7) is 2.60. The fraction of sp³-hybridized carbons (Fsp3) is 0.588. The van der Waals surface area contributed by atoms with Crippen LogP contribution in [0.3, 0.4) is 0 Å². The van der Waals surface area contributed by atoms with Gasteiger partial charge in [0.05, 0.1) is 4.90 Å². The monoisotopic (exact) mass is 336 g/mol. The summed E-state index contributed by atoms with van der Waals surface area (Å²) in [5, 5.41) is 5.21. The lowest BCUT2D eigenvalue weighted by molar-refractivity contribution is 0.0390. The molecule has 1 aliphatic heterocycles. The average molecular weight is 336 g/mol. The Bertz CT molecular complexity index is 713. The highest BCUT2D eigenvalue weighted by atomic mass is 32.2. The van der Waals surface area contributed by atoms with Crippen molar-refractivity contribution in [3.8, 4) is 0 Å². The first kappa shape index (κ1) is 16.5. The molecule has 126 valence electrons. The van der Waals surface area contributed by atoms with Crippen LogP contribution in [0.2, 0.25) is 0 Å². The minimum absolute atomic E-state index is 0.00338. The van der Waals surface area contributed by atoms with Gasteiger partial charge in [0.1, 0.15) is 0 Å². The van der Waals surface area contributed by atoms with E-state index in [-0.39, 0.29) is 10.8 Å². The van der Waals surface area contributed by atoms with Crippen molar-refractivity contribution in [2.45, 2.75) is 56.4 Å². The summed E-state index contributed by atoms with van der Waals surface area (Å²) in [7, 11) is -3.80. The van der Waals surface area contributed by atoms with Crippen molar-refractivity contribution < 1.29 is 13.2 Å². The van der Waals surface area contributed by atoms with E-state index in [0.29, 0.717) is 17.5 Å². The first-order valence-corrected chi connectivity index (χ1v) is 9.87. The van der Waals surface area contributed by atoms with Crippen molar-refractivity contribution in [1.82, 2.24) is 4.90 Å². The highest BCUT2D eigenvalue weighted by molar-refractivity contribution is 7.89. The Morgan fingerprint density at radius 3 is 2.61 bits per heavy atom. The predicted molar refractivity (Wildman–Crippen MR) is 88.6 cm³/mol. The van der Waals surface area contributed by atoms with E-state index in [1.54, 1.807) is 6.07 Å². The minimum atomic E-state index is -3.80. The van der Waals surface area contributed by atoms with Crippen molar-refractivity contribution in [2.75, 3.05) is 6.54 Å². The molecule has 0 unspecified atom stereocenters. The van der Waals surface area contributed by atoms with Gasteiger partial charge in [-0.1, -0.05) is 18.9 Å². The van der Waals surface area contributed by atoms with Crippen LogP contribution >= 0.6 is 0 Å². The van der Waals surface area contributed by atoms with Crippen LogP contribution in [0.1, 0.15) is 54.4 Å². The third-order valence-corrected chi connectivity index (χ3v) is 6.18. The van der Waals surface area contributed by atoms with Gasteiger partial charge in [0, 0.05) is 18.2 Å². The molecule has 1 heterocycles. The molecular formula is C17H24N2O3S. The lowest BCUT2D eigenvalue weighted by atomic mass is 9.78.